The third-order valence-electron chi connectivity index (χ3n) is 10.7. The number of nitrogens with zero attached hydrogens (tertiary/aromatic N) is 2. The molecule has 0 saturated carbocycles. The summed E-state index contributed by atoms with van der Waals surface area (Å²) < 4.78 is 0. The average Bonchev–Trinajstić information content (AvgIpc) is 3.16. The normalized spacial score (nSPS) is 12.9. The van der Waals surface area contributed by atoms with E-state index in [1.54, 1.807) is 0 Å². The van der Waals surface area contributed by atoms with Crippen LogP contribution in [0.25, 0.3) is 32.7 Å². The summed E-state index contributed by atoms with van der Waals surface area (Å²) in [7, 11) is -2.12. The zero-order valence-corrected chi connectivity index (χ0v) is 30.6. The lowest BCUT2D eigenvalue weighted by Crippen LogP contribution is -2.56. The molecule has 0 N–H and O–H groups in total. The third kappa shape index (κ3) is 5.24. The fourth-order valence-corrected chi connectivity index (χ4v) is 11.2. The van der Waals surface area contributed by atoms with Gasteiger partial charge in [-0.1, -0.05) is 115 Å². The molecule has 0 aromatic heterocycles. The van der Waals surface area contributed by atoms with Gasteiger partial charge in [0.2, 0.25) is 0 Å². The van der Waals surface area contributed by atoms with Gasteiger partial charge in [-0.05, 0) is 136 Å². The lowest BCUT2D eigenvalue weighted by molar-refractivity contribution is 1.28. The van der Waals surface area contributed by atoms with Crippen LogP contribution in [0.15, 0.2) is 170 Å². The van der Waals surface area contributed by atoms with Crippen molar-refractivity contribution in [3.05, 3.63) is 181 Å². The highest BCUT2D eigenvalue weighted by molar-refractivity contribution is 7.03. The molecule has 1 aliphatic rings. The first-order chi connectivity index (χ1) is 24.9. The summed E-state index contributed by atoms with van der Waals surface area (Å²) in [5.74, 6) is 0. The van der Waals surface area contributed by atoms with Crippen LogP contribution in [0.2, 0.25) is 13.1 Å². The molecule has 1 aliphatic heterocycles. The summed E-state index contributed by atoms with van der Waals surface area (Å²) in [4.78, 5) is 4.77. The van der Waals surface area contributed by atoms with Gasteiger partial charge in [0.25, 0.3) is 0 Å². The molecule has 0 unspecified atom stereocenters. The molecule has 0 bridgehead atoms. The van der Waals surface area contributed by atoms with Crippen LogP contribution >= 0.6 is 0 Å². The van der Waals surface area contributed by atoms with E-state index in [0.29, 0.717) is 0 Å². The topological polar surface area (TPSA) is 6.48 Å². The van der Waals surface area contributed by atoms with Crippen LogP contribution in [0, 0.1) is 13.8 Å². The summed E-state index contributed by atoms with van der Waals surface area (Å²) in [6.45, 7) is 9.35. The minimum Gasteiger partial charge on any atom is -0.311 e. The summed E-state index contributed by atoms with van der Waals surface area (Å²) in [5.41, 5.74) is 12.2. The van der Waals surface area contributed by atoms with E-state index < -0.39 is 8.07 Å². The van der Waals surface area contributed by atoms with Crippen molar-refractivity contribution in [3.8, 4) is 11.1 Å². The number of fused-ring (bicyclic) bond motifs is 4. The number of hydrogen-bond acceptors (Lipinski definition) is 2. The average molecular weight is 673 g/mol. The van der Waals surface area contributed by atoms with Crippen molar-refractivity contribution in [2.45, 2.75) is 26.9 Å². The Morgan fingerprint density at radius 2 is 0.882 bits per heavy atom. The molecule has 0 radical (unpaired) electrons. The minimum absolute atomic E-state index is 1.15. The monoisotopic (exact) mass is 672 g/mol. The SMILES string of the molecule is Cc1ccc(N(c2ccccc2)c2ccc3c(c2)[Si](C)(C)c2cccc4c2c-3cc2ccc(N(c3ccccc3)c3ccc(C)cc3)cc24)cc1. The van der Waals surface area contributed by atoms with Crippen LogP contribution in [-0.4, -0.2) is 8.07 Å². The lowest BCUT2D eigenvalue weighted by Gasteiger charge is -2.35. The second-order valence-corrected chi connectivity index (χ2v) is 18.8. The number of hydrogen-bond donors (Lipinski definition) is 0. The quantitative estimate of drug-likeness (QED) is 0.128. The molecule has 8 aromatic carbocycles. The van der Waals surface area contributed by atoms with Crippen LogP contribution in [-0.2, 0) is 0 Å². The predicted octanol–water partition coefficient (Wildman–Crippen LogP) is 12.4. The Morgan fingerprint density at radius 3 is 1.47 bits per heavy atom. The van der Waals surface area contributed by atoms with Gasteiger partial charge in [-0.2, -0.15) is 0 Å². The summed E-state index contributed by atoms with van der Waals surface area (Å²) in [6.07, 6.45) is 0. The molecule has 3 heteroatoms. The molecule has 0 atom stereocenters. The van der Waals surface area contributed by atoms with Crippen molar-refractivity contribution < 1.29 is 0 Å². The molecule has 8 aromatic rings. The van der Waals surface area contributed by atoms with Crippen molar-refractivity contribution in [2.75, 3.05) is 9.80 Å². The van der Waals surface area contributed by atoms with E-state index in [-0.39, 0.29) is 0 Å². The first kappa shape index (κ1) is 31.1. The first-order valence-electron chi connectivity index (χ1n) is 17.9. The summed E-state index contributed by atoms with van der Waals surface area (Å²) in [5, 5.41) is 8.29. The Bertz CT molecular complexity index is 2560. The number of anilines is 6. The number of para-hydroxylation sites is 2. The standard InChI is InChI=1S/C48H40N2Si/c1-33-18-23-38(24-19-33)49(36-12-7-5-8-13-36)40-27-22-35-30-45-42-29-28-41(50(37-14-9-6-10-15-37)39-25-20-34(2)21-26-39)32-47(42)51(3,4)46-17-11-16-43(48(45)46)44(35)31-40/h5-32H,1-4H3. The molecule has 0 spiro atoms. The van der Waals surface area contributed by atoms with Gasteiger partial charge in [-0.25, -0.2) is 0 Å². The van der Waals surface area contributed by atoms with Crippen molar-refractivity contribution in [3.63, 3.8) is 0 Å². The lowest BCUT2D eigenvalue weighted by atomic mass is 9.92. The van der Waals surface area contributed by atoms with Gasteiger partial charge in [0.15, 0.2) is 0 Å². The van der Waals surface area contributed by atoms with Crippen molar-refractivity contribution in [2.24, 2.45) is 0 Å². The third-order valence-corrected chi connectivity index (χ3v) is 14.3. The Kier molecular flexibility index (Phi) is 7.41. The summed E-state index contributed by atoms with van der Waals surface area (Å²) >= 11 is 0. The van der Waals surface area contributed by atoms with Crippen molar-refractivity contribution in [1.29, 1.82) is 0 Å². The minimum atomic E-state index is -2.12. The molecule has 0 saturated heterocycles. The fourth-order valence-electron chi connectivity index (χ4n) is 8.07. The second-order valence-electron chi connectivity index (χ2n) is 14.4. The molecular formula is C48H40N2Si. The van der Waals surface area contributed by atoms with E-state index in [1.807, 2.05) is 0 Å². The highest BCUT2D eigenvalue weighted by Crippen LogP contribution is 2.43. The molecule has 1 heterocycles. The van der Waals surface area contributed by atoms with E-state index in [4.69, 9.17) is 0 Å². The van der Waals surface area contributed by atoms with Crippen molar-refractivity contribution in [1.82, 2.24) is 0 Å². The molecule has 51 heavy (non-hydrogen) atoms. The van der Waals surface area contributed by atoms with E-state index in [1.165, 1.54) is 65.5 Å². The van der Waals surface area contributed by atoms with Gasteiger partial charge in [-0.15, -0.1) is 0 Å². The van der Waals surface area contributed by atoms with E-state index in [0.717, 1.165) is 22.7 Å². The Morgan fingerprint density at radius 1 is 0.373 bits per heavy atom. The fraction of sp³-hybridized carbons (Fsp3) is 0.0833. The molecule has 2 nitrogen and oxygen atoms in total. The highest BCUT2D eigenvalue weighted by Gasteiger charge is 2.36. The van der Waals surface area contributed by atoms with E-state index in [9.17, 15) is 0 Å². The van der Waals surface area contributed by atoms with Gasteiger partial charge >= 0.3 is 0 Å². The largest absolute Gasteiger partial charge is 0.311 e. The molecule has 0 fully saturated rings. The molecule has 0 aliphatic carbocycles. The zero-order chi connectivity index (χ0) is 34.7. The van der Waals surface area contributed by atoms with Gasteiger partial charge in [0, 0.05) is 34.1 Å². The van der Waals surface area contributed by atoms with E-state index in [2.05, 4.69) is 207 Å². The molecular weight excluding hydrogens is 633 g/mol. The van der Waals surface area contributed by atoms with Gasteiger partial charge < -0.3 is 9.80 Å². The van der Waals surface area contributed by atoms with Crippen LogP contribution in [0.4, 0.5) is 34.1 Å². The van der Waals surface area contributed by atoms with Gasteiger partial charge in [0.1, 0.15) is 8.07 Å². The van der Waals surface area contributed by atoms with Crippen molar-refractivity contribution >= 4 is 74.1 Å². The number of aryl methyl sites for hydroxylation is 2. The zero-order valence-electron chi connectivity index (χ0n) is 29.6. The predicted molar refractivity (Wildman–Crippen MR) is 222 cm³/mol. The highest BCUT2D eigenvalue weighted by atomic mass is 28.3. The molecule has 9 rings (SSSR count). The Labute approximate surface area is 301 Å². The molecule has 0 amide bonds. The van der Waals surface area contributed by atoms with Gasteiger partial charge in [-0.3, -0.25) is 0 Å². The maximum absolute atomic E-state index is 2.53. The molecule has 246 valence electrons. The van der Waals surface area contributed by atoms with Gasteiger partial charge in [0.05, 0.1) is 0 Å². The summed E-state index contributed by atoms with van der Waals surface area (Å²) in [6, 6.07) is 62.8. The van der Waals surface area contributed by atoms with E-state index >= 15 is 0 Å². The maximum atomic E-state index is 2.53. The number of benzene rings is 8. The maximum Gasteiger partial charge on any atom is 0.113 e. The number of rotatable bonds is 6. The Hall–Kier alpha value is -5.90. The second kappa shape index (κ2) is 12.2. The van der Waals surface area contributed by atoms with Crippen LogP contribution in [0.3, 0.4) is 0 Å². The van der Waals surface area contributed by atoms with Crippen LogP contribution < -0.4 is 20.2 Å². The smallest absolute Gasteiger partial charge is 0.113 e. The Balaban J connectivity index is 1.23. The first-order valence-corrected chi connectivity index (χ1v) is 20.9. The van der Waals surface area contributed by atoms with Crippen LogP contribution in [0.5, 0.6) is 0 Å². The van der Waals surface area contributed by atoms with Crippen LogP contribution in [0.1, 0.15) is 11.1 Å².